The van der Waals surface area contributed by atoms with Gasteiger partial charge in [-0.1, -0.05) is 17.3 Å². The second-order valence-corrected chi connectivity index (χ2v) is 5.82. The molecule has 1 saturated heterocycles. The summed E-state index contributed by atoms with van der Waals surface area (Å²) in [7, 11) is 0. The first kappa shape index (κ1) is 15.4. The highest BCUT2D eigenvalue weighted by Crippen LogP contribution is 2.32. The van der Waals surface area contributed by atoms with Crippen LogP contribution in [0.25, 0.3) is 11.4 Å². The summed E-state index contributed by atoms with van der Waals surface area (Å²) in [6, 6.07) is 11.9. The van der Waals surface area contributed by atoms with Gasteiger partial charge in [-0.15, -0.1) is 0 Å². The number of rotatable bonds is 3. The average Bonchev–Trinajstić information content (AvgIpc) is 3.23. The van der Waals surface area contributed by atoms with E-state index >= 15 is 0 Å². The quantitative estimate of drug-likeness (QED) is 0.731. The molecule has 4 rings (SSSR count). The van der Waals surface area contributed by atoms with E-state index in [0.717, 1.165) is 0 Å². The number of nitrogens with zero attached hydrogens (tertiary/aromatic N) is 3. The molecule has 1 atom stereocenters. The first-order valence-electron chi connectivity index (χ1n) is 7.76. The summed E-state index contributed by atoms with van der Waals surface area (Å²) in [6.45, 7) is 0.351. The van der Waals surface area contributed by atoms with Gasteiger partial charge in [0.25, 0.3) is 0 Å². The Hall–Kier alpha value is -3.09. The SMILES string of the molecule is O=C1C[C@H](c2nc(-c3ccccc3F)no2)CN1c1ccc(F)cc1. The highest BCUT2D eigenvalue weighted by molar-refractivity contribution is 5.96. The van der Waals surface area contributed by atoms with Crippen LogP contribution in [0.5, 0.6) is 0 Å². The van der Waals surface area contributed by atoms with Crippen molar-refractivity contribution in [1.29, 1.82) is 0 Å². The molecule has 0 spiro atoms. The third-order valence-corrected chi connectivity index (χ3v) is 4.17. The maximum atomic E-state index is 13.8. The number of hydrogen-bond donors (Lipinski definition) is 0. The van der Waals surface area contributed by atoms with Crippen LogP contribution in [0, 0.1) is 11.6 Å². The van der Waals surface area contributed by atoms with E-state index in [4.69, 9.17) is 4.52 Å². The Labute approximate surface area is 141 Å². The van der Waals surface area contributed by atoms with Gasteiger partial charge in [0, 0.05) is 18.7 Å². The highest BCUT2D eigenvalue weighted by atomic mass is 19.1. The highest BCUT2D eigenvalue weighted by Gasteiger charge is 2.35. The monoisotopic (exact) mass is 341 g/mol. The van der Waals surface area contributed by atoms with Gasteiger partial charge < -0.3 is 9.42 Å². The number of carbonyl (C=O) groups excluding carboxylic acids is 1. The Morgan fingerprint density at radius 3 is 2.60 bits per heavy atom. The molecule has 1 aliphatic heterocycles. The summed E-state index contributed by atoms with van der Waals surface area (Å²) in [5.41, 5.74) is 0.861. The summed E-state index contributed by atoms with van der Waals surface area (Å²) >= 11 is 0. The molecular weight excluding hydrogens is 328 g/mol. The molecule has 25 heavy (non-hydrogen) atoms. The lowest BCUT2D eigenvalue weighted by atomic mass is 10.1. The van der Waals surface area contributed by atoms with Crippen molar-refractivity contribution >= 4 is 11.6 Å². The topological polar surface area (TPSA) is 59.2 Å². The Bertz CT molecular complexity index is 924. The van der Waals surface area contributed by atoms with Crippen LogP contribution >= 0.6 is 0 Å². The number of aromatic nitrogens is 2. The van der Waals surface area contributed by atoms with Crippen molar-refractivity contribution in [3.05, 3.63) is 66.1 Å². The van der Waals surface area contributed by atoms with Crippen LogP contribution in [-0.4, -0.2) is 22.6 Å². The molecule has 1 amide bonds. The summed E-state index contributed by atoms with van der Waals surface area (Å²) in [5, 5.41) is 3.82. The van der Waals surface area contributed by atoms with Crippen molar-refractivity contribution in [2.45, 2.75) is 12.3 Å². The van der Waals surface area contributed by atoms with Gasteiger partial charge in [0.2, 0.25) is 17.6 Å². The van der Waals surface area contributed by atoms with E-state index in [9.17, 15) is 13.6 Å². The number of carbonyl (C=O) groups is 1. The molecule has 0 bridgehead atoms. The molecule has 0 unspecified atom stereocenters. The second kappa shape index (κ2) is 6.08. The molecule has 2 heterocycles. The van der Waals surface area contributed by atoms with Gasteiger partial charge in [0.05, 0.1) is 11.5 Å². The Morgan fingerprint density at radius 1 is 1.08 bits per heavy atom. The largest absolute Gasteiger partial charge is 0.339 e. The van der Waals surface area contributed by atoms with E-state index in [1.807, 2.05) is 0 Å². The third kappa shape index (κ3) is 2.88. The summed E-state index contributed by atoms with van der Waals surface area (Å²) in [5.74, 6) is -0.756. The van der Waals surface area contributed by atoms with Crippen molar-refractivity contribution in [2.75, 3.05) is 11.4 Å². The van der Waals surface area contributed by atoms with Gasteiger partial charge in [-0.2, -0.15) is 4.98 Å². The smallest absolute Gasteiger partial charge is 0.232 e. The zero-order valence-corrected chi connectivity index (χ0v) is 13.0. The number of anilines is 1. The Morgan fingerprint density at radius 2 is 1.84 bits per heavy atom. The molecule has 126 valence electrons. The van der Waals surface area contributed by atoms with Gasteiger partial charge >= 0.3 is 0 Å². The molecule has 0 radical (unpaired) electrons. The Kier molecular flexibility index (Phi) is 3.76. The van der Waals surface area contributed by atoms with Crippen LogP contribution in [0.4, 0.5) is 14.5 Å². The summed E-state index contributed by atoms with van der Waals surface area (Å²) < 4.78 is 32.1. The molecule has 0 N–H and O–H groups in total. The third-order valence-electron chi connectivity index (χ3n) is 4.17. The van der Waals surface area contributed by atoms with Crippen LogP contribution in [0.15, 0.2) is 53.1 Å². The fourth-order valence-electron chi connectivity index (χ4n) is 2.90. The number of amides is 1. The van der Waals surface area contributed by atoms with Crippen molar-refractivity contribution in [1.82, 2.24) is 10.1 Å². The summed E-state index contributed by atoms with van der Waals surface area (Å²) in [6.07, 6.45) is 0.205. The van der Waals surface area contributed by atoms with Crippen LogP contribution < -0.4 is 4.90 Å². The van der Waals surface area contributed by atoms with Crippen LogP contribution in [-0.2, 0) is 4.79 Å². The second-order valence-electron chi connectivity index (χ2n) is 5.82. The fourth-order valence-corrected chi connectivity index (χ4v) is 2.90. The van der Waals surface area contributed by atoms with Crippen molar-refractivity contribution < 1.29 is 18.1 Å². The molecule has 2 aromatic carbocycles. The van der Waals surface area contributed by atoms with Crippen LogP contribution in [0.3, 0.4) is 0 Å². The maximum Gasteiger partial charge on any atom is 0.232 e. The van der Waals surface area contributed by atoms with E-state index < -0.39 is 5.82 Å². The lowest BCUT2D eigenvalue weighted by molar-refractivity contribution is -0.117. The van der Waals surface area contributed by atoms with Gasteiger partial charge in [-0.3, -0.25) is 4.79 Å². The molecule has 7 heteroatoms. The maximum absolute atomic E-state index is 13.8. The number of benzene rings is 2. The minimum atomic E-state index is -0.440. The fraction of sp³-hybridized carbons (Fsp3) is 0.167. The first-order chi connectivity index (χ1) is 12.1. The zero-order valence-electron chi connectivity index (χ0n) is 13.0. The lowest BCUT2D eigenvalue weighted by Crippen LogP contribution is -2.24. The van der Waals surface area contributed by atoms with E-state index in [-0.39, 0.29) is 41.3 Å². The molecule has 0 aliphatic carbocycles. The van der Waals surface area contributed by atoms with Crippen LogP contribution in [0.2, 0.25) is 0 Å². The molecule has 0 saturated carbocycles. The lowest BCUT2D eigenvalue weighted by Gasteiger charge is -2.15. The molecular formula is C18H13F2N3O2. The van der Waals surface area contributed by atoms with E-state index in [1.165, 1.54) is 18.2 Å². The molecule has 5 nitrogen and oxygen atoms in total. The predicted octanol–water partition coefficient (Wildman–Crippen LogP) is 3.54. The minimum Gasteiger partial charge on any atom is -0.339 e. The van der Waals surface area contributed by atoms with E-state index in [2.05, 4.69) is 10.1 Å². The van der Waals surface area contributed by atoms with Gasteiger partial charge in [-0.25, -0.2) is 8.78 Å². The standard InChI is InChI=1S/C18H13F2N3O2/c19-12-5-7-13(8-6-12)23-10-11(9-16(23)24)18-21-17(22-25-18)14-3-1-2-4-15(14)20/h1-8,11H,9-10H2/t11-/m0/s1. The van der Waals surface area contributed by atoms with Gasteiger partial charge in [0.1, 0.15) is 11.6 Å². The first-order valence-corrected chi connectivity index (χ1v) is 7.76. The number of hydrogen-bond acceptors (Lipinski definition) is 4. The van der Waals surface area contributed by atoms with Crippen molar-refractivity contribution in [3.63, 3.8) is 0 Å². The average molecular weight is 341 g/mol. The Balaban J connectivity index is 1.57. The molecule has 1 aromatic heterocycles. The molecule has 1 fully saturated rings. The van der Waals surface area contributed by atoms with Crippen LogP contribution in [0.1, 0.15) is 18.2 Å². The van der Waals surface area contributed by atoms with Crippen molar-refractivity contribution in [2.24, 2.45) is 0 Å². The zero-order chi connectivity index (χ0) is 17.4. The predicted molar refractivity (Wildman–Crippen MR) is 85.8 cm³/mol. The normalized spacial score (nSPS) is 17.3. The van der Waals surface area contributed by atoms with E-state index in [0.29, 0.717) is 12.2 Å². The van der Waals surface area contributed by atoms with E-state index in [1.54, 1.807) is 35.2 Å². The molecule has 3 aromatic rings. The van der Waals surface area contributed by atoms with Gasteiger partial charge in [-0.05, 0) is 36.4 Å². The summed E-state index contributed by atoms with van der Waals surface area (Å²) in [4.78, 5) is 18.1. The number of halogens is 2. The molecule has 1 aliphatic rings. The van der Waals surface area contributed by atoms with Crippen molar-refractivity contribution in [3.8, 4) is 11.4 Å². The minimum absolute atomic E-state index is 0.109. The van der Waals surface area contributed by atoms with Gasteiger partial charge in [0.15, 0.2) is 0 Å².